The van der Waals surface area contributed by atoms with E-state index in [1.807, 2.05) is 12.1 Å². The van der Waals surface area contributed by atoms with E-state index < -0.39 is 0 Å². The molecular formula is C19H27N3. The molecular weight excluding hydrogens is 270 g/mol. The predicted octanol–water partition coefficient (Wildman–Crippen LogP) is 3.65. The zero-order valence-corrected chi connectivity index (χ0v) is 14.1. The minimum absolute atomic E-state index is 0.299. The summed E-state index contributed by atoms with van der Waals surface area (Å²) >= 11 is 0. The van der Waals surface area contributed by atoms with Crippen molar-refractivity contribution in [2.24, 2.45) is 5.41 Å². The van der Waals surface area contributed by atoms with Gasteiger partial charge in [-0.1, -0.05) is 0 Å². The number of nitriles is 1. The molecule has 0 saturated carbocycles. The summed E-state index contributed by atoms with van der Waals surface area (Å²) in [4.78, 5) is 5.14. The van der Waals surface area contributed by atoms with Crippen molar-refractivity contribution >= 4 is 5.69 Å². The molecule has 3 rings (SSSR count). The second-order valence-corrected chi connectivity index (χ2v) is 7.99. The number of anilines is 1. The van der Waals surface area contributed by atoms with Crippen LogP contribution in [0.5, 0.6) is 0 Å². The lowest BCUT2D eigenvalue weighted by Crippen LogP contribution is -2.45. The molecule has 2 saturated heterocycles. The van der Waals surface area contributed by atoms with E-state index >= 15 is 0 Å². The van der Waals surface area contributed by atoms with Crippen molar-refractivity contribution in [1.29, 1.82) is 5.26 Å². The number of piperidine rings is 1. The van der Waals surface area contributed by atoms with E-state index in [-0.39, 0.29) is 0 Å². The van der Waals surface area contributed by atoms with Gasteiger partial charge in [-0.25, -0.2) is 0 Å². The predicted molar refractivity (Wildman–Crippen MR) is 91.0 cm³/mol. The first kappa shape index (κ1) is 15.4. The Labute approximate surface area is 134 Å². The van der Waals surface area contributed by atoms with E-state index in [1.165, 1.54) is 38.0 Å². The molecule has 1 aromatic rings. The molecule has 0 unspecified atom stereocenters. The zero-order valence-electron chi connectivity index (χ0n) is 14.1. The number of rotatable bonds is 1. The van der Waals surface area contributed by atoms with Crippen molar-refractivity contribution in [1.82, 2.24) is 4.90 Å². The number of nitrogens with zero attached hydrogens (tertiary/aromatic N) is 3. The topological polar surface area (TPSA) is 30.3 Å². The van der Waals surface area contributed by atoms with E-state index in [2.05, 4.69) is 48.8 Å². The van der Waals surface area contributed by atoms with Gasteiger partial charge in [0.25, 0.3) is 0 Å². The molecule has 118 valence electrons. The summed E-state index contributed by atoms with van der Waals surface area (Å²) in [6.45, 7) is 11.8. The van der Waals surface area contributed by atoms with Gasteiger partial charge in [-0.3, -0.25) is 4.90 Å². The number of benzene rings is 1. The van der Waals surface area contributed by atoms with Crippen LogP contribution in [-0.2, 0) is 0 Å². The van der Waals surface area contributed by atoms with E-state index in [0.717, 1.165) is 18.7 Å². The normalized spacial score (nSPS) is 22.0. The van der Waals surface area contributed by atoms with Crippen LogP contribution in [0.15, 0.2) is 24.3 Å². The molecule has 0 amide bonds. The van der Waals surface area contributed by atoms with Gasteiger partial charge in [-0.05, 0) is 76.3 Å². The molecule has 2 aliphatic heterocycles. The van der Waals surface area contributed by atoms with Crippen LogP contribution in [0, 0.1) is 16.7 Å². The van der Waals surface area contributed by atoms with Gasteiger partial charge in [0, 0.05) is 30.9 Å². The highest BCUT2D eigenvalue weighted by Crippen LogP contribution is 2.43. The first-order chi connectivity index (χ1) is 10.4. The highest BCUT2D eigenvalue weighted by Gasteiger charge is 2.43. The molecule has 0 bridgehead atoms. The van der Waals surface area contributed by atoms with Crippen molar-refractivity contribution < 1.29 is 0 Å². The summed E-state index contributed by atoms with van der Waals surface area (Å²) in [7, 11) is 0. The second kappa shape index (κ2) is 5.59. The molecule has 0 N–H and O–H groups in total. The fraction of sp³-hybridized carbons (Fsp3) is 0.632. The molecule has 0 aromatic heterocycles. The molecule has 2 aliphatic rings. The Bertz CT molecular complexity index is 554. The smallest absolute Gasteiger partial charge is 0.0991 e. The van der Waals surface area contributed by atoms with E-state index in [4.69, 9.17) is 5.26 Å². The summed E-state index contributed by atoms with van der Waals surface area (Å²) < 4.78 is 0. The van der Waals surface area contributed by atoms with Crippen molar-refractivity contribution in [3.05, 3.63) is 29.8 Å². The van der Waals surface area contributed by atoms with Crippen LogP contribution in [0.25, 0.3) is 0 Å². The maximum Gasteiger partial charge on any atom is 0.0991 e. The van der Waals surface area contributed by atoms with Gasteiger partial charge in [0.05, 0.1) is 11.6 Å². The summed E-state index contributed by atoms with van der Waals surface area (Å²) in [5.74, 6) is 0. The first-order valence-corrected chi connectivity index (χ1v) is 8.42. The van der Waals surface area contributed by atoms with Gasteiger partial charge < -0.3 is 4.90 Å². The average Bonchev–Trinajstić information content (AvgIpc) is 2.92. The molecule has 22 heavy (non-hydrogen) atoms. The van der Waals surface area contributed by atoms with Gasteiger partial charge in [-0.2, -0.15) is 5.26 Å². The number of hydrogen-bond acceptors (Lipinski definition) is 3. The quantitative estimate of drug-likeness (QED) is 0.792. The van der Waals surface area contributed by atoms with Gasteiger partial charge in [0.15, 0.2) is 0 Å². The highest BCUT2D eigenvalue weighted by atomic mass is 15.2. The zero-order chi connectivity index (χ0) is 15.8. The van der Waals surface area contributed by atoms with Crippen LogP contribution in [0.1, 0.15) is 45.6 Å². The Balaban J connectivity index is 1.62. The number of likely N-dealkylation sites (tertiary alicyclic amines) is 1. The van der Waals surface area contributed by atoms with Gasteiger partial charge in [0.2, 0.25) is 0 Å². The lowest BCUT2D eigenvalue weighted by atomic mass is 9.77. The third-order valence-electron chi connectivity index (χ3n) is 5.57. The summed E-state index contributed by atoms with van der Waals surface area (Å²) in [6, 6.07) is 10.2. The summed E-state index contributed by atoms with van der Waals surface area (Å²) in [5, 5.41) is 8.90. The summed E-state index contributed by atoms with van der Waals surface area (Å²) in [5.41, 5.74) is 2.85. The molecule has 0 atom stereocenters. The van der Waals surface area contributed by atoms with Crippen molar-refractivity contribution in [2.75, 3.05) is 31.1 Å². The second-order valence-electron chi connectivity index (χ2n) is 7.99. The van der Waals surface area contributed by atoms with Crippen molar-refractivity contribution in [2.45, 2.75) is 45.6 Å². The maximum atomic E-state index is 8.90. The Morgan fingerprint density at radius 3 is 2.09 bits per heavy atom. The monoisotopic (exact) mass is 297 g/mol. The van der Waals surface area contributed by atoms with Crippen LogP contribution < -0.4 is 4.90 Å². The molecule has 2 heterocycles. The van der Waals surface area contributed by atoms with Gasteiger partial charge >= 0.3 is 0 Å². The molecule has 3 heteroatoms. The van der Waals surface area contributed by atoms with Crippen LogP contribution in [0.4, 0.5) is 5.69 Å². The van der Waals surface area contributed by atoms with Crippen LogP contribution in [0.2, 0.25) is 0 Å². The van der Waals surface area contributed by atoms with Gasteiger partial charge in [-0.15, -0.1) is 0 Å². The van der Waals surface area contributed by atoms with Crippen molar-refractivity contribution in [3.8, 4) is 6.07 Å². The molecule has 2 fully saturated rings. The minimum Gasteiger partial charge on any atom is -0.371 e. The van der Waals surface area contributed by atoms with E-state index in [0.29, 0.717) is 11.0 Å². The third kappa shape index (κ3) is 2.98. The fourth-order valence-corrected chi connectivity index (χ4v) is 3.90. The third-order valence-corrected chi connectivity index (χ3v) is 5.57. The van der Waals surface area contributed by atoms with Crippen LogP contribution in [0.3, 0.4) is 0 Å². The molecule has 1 spiro atoms. The maximum absolute atomic E-state index is 8.90. The SMILES string of the molecule is CC(C)(C)N1CCC2(CCN(c3ccc(C#N)cc3)CC2)C1. The molecule has 3 nitrogen and oxygen atoms in total. The lowest BCUT2D eigenvalue weighted by molar-refractivity contribution is 0.135. The fourth-order valence-electron chi connectivity index (χ4n) is 3.90. The Morgan fingerprint density at radius 2 is 1.59 bits per heavy atom. The molecule has 1 aromatic carbocycles. The Kier molecular flexibility index (Phi) is 3.91. The largest absolute Gasteiger partial charge is 0.371 e. The van der Waals surface area contributed by atoms with Crippen LogP contribution in [-0.4, -0.2) is 36.6 Å². The van der Waals surface area contributed by atoms with Crippen LogP contribution >= 0.6 is 0 Å². The van der Waals surface area contributed by atoms with E-state index in [1.54, 1.807) is 0 Å². The molecule has 0 radical (unpaired) electrons. The lowest BCUT2D eigenvalue weighted by Gasteiger charge is -2.41. The van der Waals surface area contributed by atoms with E-state index in [9.17, 15) is 0 Å². The Morgan fingerprint density at radius 1 is 1.00 bits per heavy atom. The molecule has 0 aliphatic carbocycles. The van der Waals surface area contributed by atoms with Crippen molar-refractivity contribution in [3.63, 3.8) is 0 Å². The highest BCUT2D eigenvalue weighted by molar-refractivity contribution is 5.50. The first-order valence-electron chi connectivity index (χ1n) is 8.42. The Hall–Kier alpha value is -1.53. The number of hydrogen-bond donors (Lipinski definition) is 0. The minimum atomic E-state index is 0.299. The standard InChI is InChI=1S/C19H27N3/c1-18(2,3)22-13-10-19(15-22)8-11-21(12-9-19)17-6-4-16(14-20)5-7-17/h4-7H,8-13,15H2,1-3H3. The average molecular weight is 297 g/mol. The summed E-state index contributed by atoms with van der Waals surface area (Å²) in [6.07, 6.45) is 3.94. The van der Waals surface area contributed by atoms with Gasteiger partial charge in [0.1, 0.15) is 0 Å².